The number of sulfonamides is 1. The minimum absolute atomic E-state index is 0.0521. The van der Waals surface area contributed by atoms with Crippen molar-refractivity contribution in [2.45, 2.75) is 17.9 Å². The van der Waals surface area contributed by atoms with Crippen LogP contribution in [0.2, 0.25) is 5.02 Å². The fourth-order valence-electron chi connectivity index (χ4n) is 1.76. The lowest BCUT2D eigenvalue weighted by molar-refractivity contribution is -0.140. The van der Waals surface area contributed by atoms with Gasteiger partial charge in [0.05, 0.1) is 5.02 Å². The molecule has 0 bridgehead atoms. The number of likely N-dealkylation sites (N-methyl/N-ethyl adjacent to an activating group) is 1. The highest BCUT2D eigenvalue weighted by Crippen LogP contribution is 2.38. The molecule has 0 aliphatic carbocycles. The third-order valence-corrected chi connectivity index (χ3v) is 5.55. The molecule has 21 heavy (non-hydrogen) atoms. The minimum Gasteiger partial charge on any atom is -0.486 e. The van der Waals surface area contributed by atoms with Gasteiger partial charge in [-0.25, -0.2) is 8.42 Å². The molecule has 1 unspecified atom stereocenters. The Morgan fingerprint density at radius 3 is 2.38 bits per heavy atom. The molecule has 1 aromatic carbocycles. The topological polar surface area (TPSA) is 93.1 Å². The third kappa shape index (κ3) is 2.92. The first kappa shape index (κ1) is 15.9. The van der Waals surface area contributed by atoms with Crippen LogP contribution in [0.1, 0.15) is 6.92 Å². The molecule has 7 nitrogen and oxygen atoms in total. The molecule has 0 aromatic heterocycles. The van der Waals surface area contributed by atoms with Crippen molar-refractivity contribution in [1.29, 1.82) is 0 Å². The van der Waals surface area contributed by atoms with E-state index in [1.165, 1.54) is 26.1 Å². The molecule has 1 heterocycles. The van der Waals surface area contributed by atoms with Crippen LogP contribution in [0.15, 0.2) is 17.0 Å². The Balaban J connectivity index is 2.47. The van der Waals surface area contributed by atoms with Crippen molar-refractivity contribution in [1.82, 2.24) is 4.31 Å². The van der Waals surface area contributed by atoms with E-state index < -0.39 is 22.0 Å². The molecule has 9 heteroatoms. The molecule has 0 radical (unpaired) electrons. The molecular weight excluding hydrogens is 322 g/mol. The van der Waals surface area contributed by atoms with Gasteiger partial charge in [0.25, 0.3) is 0 Å². The summed E-state index contributed by atoms with van der Waals surface area (Å²) in [5, 5.41) is 8.89. The average molecular weight is 336 g/mol. The van der Waals surface area contributed by atoms with Crippen LogP contribution in [0.4, 0.5) is 0 Å². The number of benzene rings is 1. The average Bonchev–Trinajstić information content (AvgIpc) is 2.44. The van der Waals surface area contributed by atoms with Gasteiger partial charge in [0.2, 0.25) is 10.0 Å². The fourth-order valence-corrected chi connectivity index (χ4v) is 3.59. The Morgan fingerprint density at radius 1 is 1.33 bits per heavy atom. The van der Waals surface area contributed by atoms with E-state index in [0.29, 0.717) is 19.0 Å². The highest BCUT2D eigenvalue weighted by atomic mass is 35.5. The van der Waals surface area contributed by atoms with Gasteiger partial charge in [-0.2, -0.15) is 4.31 Å². The van der Waals surface area contributed by atoms with Crippen LogP contribution in [-0.2, 0) is 14.8 Å². The molecule has 1 N–H and O–H groups in total. The number of ether oxygens (including phenoxy) is 2. The van der Waals surface area contributed by atoms with E-state index in [2.05, 4.69) is 0 Å². The molecule has 1 aliphatic heterocycles. The lowest BCUT2D eigenvalue weighted by Gasteiger charge is -2.24. The lowest BCUT2D eigenvalue weighted by atomic mass is 10.3. The SMILES string of the molecule is CC(C(=O)O)N(C)S(=O)(=O)c1cc2c(cc1Cl)OCCO2. The van der Waals surface area contributed by atoms with Gasteiger partial charge in [-0.1, -0.05) is 11.6 Å². The summed E-state index contributed by atoms with van der Waals surface area (Å²) in [5.74, 6) is -0.630. The van der Waals surface area contributed by atoms with Crippen molar-refractivity contribution < 1.29 is 27.8 Å². The number of fused-ring (bicyclic) bond motifs is 1. The van der Waals surface area contributed by atoms with Gasteiger partial charge < -0.3 is 14.6 Å². The summed E-state index contributed by atoms with van der Waals surface area (Å²) in [5.41, 5.74) is 0. The largest absolute Gasteiger partial charge is 0.486 e. The predicted molar refractivity (Wildman–Crippen MR) is 74.5 cm³/mol. The number of rotatable bonds is 4. The van der Waals surface area contributed by atoms with Crippen molar-refractivity contribution in [2.24, 2.45) is 0 Å². The highest BCUT2D eigenvalue weighted by Gasteiger charge is 2.32. The zero-order valence-electron chi connectivity index (χ0n) is 11.4. The standard InChI is InChI=1S/C12H14ClNO6S/c1-7(12(15)16)14(2)21(17,18)11-6-10-9(5-8(11)13)19-3-4-20-10/h5-7H,3-4H2,1-2H3,(H,15,16). The molecule has 0 saturated heterocycles. The summed E-state index contributed by atoms with van der Waals surface area (Å²) in [6, 6.07) is 1.37. The molecule has 1 aromatic rings. The molecule has 116 valence electrons. The summed E-state index contributed by atoms with van der Waals surface area (Å²) >= 11 is 5.99. The summed E-state index contributed by atoms with van der Waals surface area (Å²) in [6.07, 6.45) is 0. The zero-order chi connectivity index (χ0) is 15.8. The van der Waals surface area contributed by atoms with Crippen LogP contribution in [0, 0.1) is 0 Å². The molecule has 0 amide bonds. The quantitative estimate of drug-likeness (QED) is 0.888. The number of hydrogen-bond acceptors (Lipinski definition) is 5. The van der Waals surface area contributed by atoms with E-state index in [0.717, 1.165) is 4.31 Å². The molecule has 0 spiro atoms. The number of carboxylic acids is 1. The van der Waals surface area contributed by atoms with Crippen LogP contribution >= 0.6 is 11.6 Å². The fraction of sp³-hybridized carbons (Fsp3) is 0.417. The molecule has 1 aliphatic rings. The van der Waals surface area contributed by atoms with Gasteiger partial charge in [-0.3, -0.25) is 4.79 Å². The predicted octanol–water partition coefficient (Wildman–Crippen LogP) is 1.20. The van der Waals surface area contributed by atoms with E-state index in [-0.39, 0.29) is 15.7 Å². The van der Waals surface area contributed by atoms with Crippen molar-refractivity contribution in [3.8, 4) is 11.5 Å². The smallest absolute Gasteiger partial charge is 0.321 e. The number of aliphatic carboxylic acids is 1. The van der Waals surface area contributed by atoms with Crippen LogP contribution in [-0.4, -0.2) is 50.1 Å². The van der Waals surface area contributed by atoms with E-state index >= 15 is 0 Å². The molecule has 0 saturated carbocycles. The van der Waals surface area contributed by atoms with Gasteiger partial charge in [0, 0.05) is 19.2 Å². The number of hydrogen-bond donors (Lipinski definition) is 1. The number of nitrogens with zero attached hydrogens (tertiary/aromatic N) is 1. The highest BCUT2D eigenvalue weighted by molar-refractivity contribution is 7.89. The Morgan fingerprint density at radius 2 is 1.86 bits per heavy atom. The van der Waals surface area contributed by atoms with Crippen LogP contribution in [0.3, 0.4) is 0 Å². The second-order valence-corrected chi connectivity index (χ2v) is 6.83. The second kappa shape index (κ2) is 5.70. The number of halogens is 1. The summed E-state index contributed by atoms with van der Waals surface area (Å²) in [4.78, 5) is 10.7. The summed E-state index contributed by atoms with van der Waals surface area (Å²) in [7, 11) is -2.88. The maximum absolute atomic E-state index is 12.5. The molecular formula is C12H14ClNO6S. The van der Waals surface area contributed by atoms with Crippen molar-refractivity contribution in [2.75, 3.05) is 20.3 Å². The van der Waals surface area contributed by atoms with Gasteiger partial charge >= 0.3 is 5.97 Å². The van der Waals surface area contributed by atoms with E-state index in [1.807, 2.05) is 0 Å². The van der Waals surface area contributed by atoms with Crippen LogP contribution in [0.5, 0.6) is 11.5 Å². The normalized spacial score (nSPS) is 15.8. The monoisotopic (exact) mass is 335 g/mol. The van der Waals surface area contributed by atoms with Crippen molar-refractivity contribution in [3.05, 3.63) is 17.2 Å². The summed E-state index contributed by atoms with van der Waals surface area (Å²) in [6.45, 7) is 1.92. The molecule has 1 atom stereocenters. The van der Waals surface area contributed by atoms with E-state index in [4.69, 9.17) is 26.2 Å². The van der Waals surface area contributed by atoms with Gasteiger partial charge in [0.1, 0.15) is 24.2 Å². The van der Waals surface area contributed by atoms with Crippen LogP contribution < -0.4 is 9.47 Å². The Kier molecular flexibility index (Phi) is 4.31. The van der Waals surface area contributed by atoms with E-state index in [1.54, 1.807) is 0 Å². The van der Waals surface area contributed by atoms with Crippen molar-refractivity contribution in [3.63, 3.8) is 0 Å². The molecule has 0 fully saturated rings. The molecule has 2 rings (SSSR count). The van der Waals surface area contributed by atoms with Gasteiger partial charge in [-0.05, 0) is 6.92 Å². The van der Waals surface area contributed by atoms with Gasteiger partial charge in [0.15, 0.2) is 11.5 Å². The first-order valence-electron chi connectivity index (χ1n) is 6.05. The third-order valence-electron chi connectivity index (χ3n) is 3.16. The van der Waals surface area contributed by atoms with Crippen molar-refractivity contribution >= 4 is 27.6 Å². The zero-order valence-corrected chi connectivity index (χ0v) is 12.9. The number of carbonyl (C=O) groups is 1. The number of carboxylic acid groups (broad SMARTS) is 1. The minimum atomic E-state index is -4.06. The summed E-state index contributed by atoms with van der Waals surface area (Å²) < 4.78 is 36.3. The van der Waals surface area contributed by atoms with E-state index in [9.17, 15) is 13.2 Å². The second-order valence-electron chi connectivity index (χ2n) is 4.46. The van der Waals surface area contributed by atoms with Crippen LogP contribution in [0.25, 0.3) is 0 Å². The lowest BCUT2D eigenvalue weighted by Crippen LogP contribution is -2.40. The first-order chi connectivity index (χ1) is 9.75. The Bertz CT molecular complexity index is 675. The maximum atomic E-state index is 12.5. The van der Waals surface area contributed by atoms with Gasteiger partial charge in [-0.15, -0.1) is 0 Å². The first-order valence-corrected chi connectivity index (χ1v) is 7.87. The Hall–Kier alpha value is -1.51. The maximum Gasteiger partial charge on any atom is 0.321 e. The Labute approximate surface area is 127 Å².